The molecule has 0 saturated carbocycles. The van der Waals surface area contributed by atoms with E-state index in [1.807, 2.05) is 30.3 Å². The number of thioether (sulfide) groups is 1. The van der Waals surface area contributed by atoms with Crippen LogP contribution in [0.4, 0.5) is 0 Å². The Kier molecular flexibility index (Phi) is 3.66. The van der Waals surface area contributed by atoms with Crippen LogP contribution >= 0.6 is 11.8 Å². The van der Waals surface area contributed by atoms with Crippen LogP contribution in [-0.4, -0.2) is 38.9 Å². The van der Waals surface area contributed by atoms with Gasteiger partial charge in [0, 0.05) is 4.90 Å². The van der Waals surface area contributed by atoms with Crippen LogP contribution in [-0.2, 0) is 0 Å². The Bertz CT molecular complexity index is 366. The number of aliphatic hydroxyl groups is 3. The van der Waals surface area contributed by atoms with Crippen molar-refractivity contribution in [2.75, 3.05) is 0 Å². The highest BCUT2D eigenvalue weighted by molar-refractivity contribution is 8.00. The smallest absolute Gasteiger partial charge is 0.111 e. The minimum absolute atomic E-state index is 0.221. The number of hydrogen-bond acceptors (Lipinski definition) is 4. The molecule has 3 nitrogen and oxygen atoms in total. The Morgan fingerprint density at radius 3 is 2.25 bits per heavy atom. The summed E-state index contributed by atoms with van der Waals surface area (Å²) in [4.78, 5) is 1.03. The molecule has 0 saturated heterocycles. The molecule has 2 rings (SSSR count). The average Bonchev–Trinajstić information content (AvgIpc) is 2.31. The zero-order valence-corrected chi connectivity index (χ0v) is 9.42. The number of rotatable bonds is 2. The van der Waals surface area contributed by atoms with Crippen LogP contribution < -0.4 is 0 Å². The summed E-state index contributed by atoms with van der Waals surface area (Å²) in [7, 11) is 0. The van der Waals surface area contributed by atoms with Gasteiger partial charge < -0.3 is 15.3 Å². The summed E-state index contributed by atoms with van der Waals surface area (Å²) in [5, 5.41) is 28.4. The van der Waals surface area contributed by atoms with Gasteiger partial charge in [0.05, 0.1) is 11.4 Å². The van der Waals surface area contributed by atoms with Gasteiger partial charge in [0.15, 0.2) is 0 Å². The molecule has 0 spiro atoms. The number of aliphatic hydroxyl groups excluding tert-OH is 3. The van der Waals surface area contributed by atoms with Crippen molar-refractivity contribution in [1.29, 1.82) is 0 Å². The first-order valence-corrected chi connectivity index (χ1v) is 6.00. The third kappa shape index (κ3) is 2.47. The normalized spacial score (nSPS) is 33.9. The Morgan fingerprint density at radius 1 is 0.875 bits per heavy atom. The molecule has 0 aliphatic heterocycles. The van der Waals surface area contributed by atoms with Gasteiger partial charge in [-0.2, -0.15) is 0 Å². The van der Waals surface area contributed by atoms with Crippen LogP contribution in [0.15, 0.2) is 47.4 Å². The maximum atomic E-state index is 9.79. The zero-order chi connectivity index (χ0) is 11.5. The fourth-order valence-corrected chi connectivity index (χ4v) is 2.71. The highest BCUT2D eigenvalue weighted by atomic mass is 32.2. The molecule has 4 atom stereocenters. The van der Waals surface area contributed by atoms with Crippen LogP contribution in [0.25, 0.3) is 0 Å². The largest absolute Gasteiger partial charge is 0.389 e. The molecular formula is C12H14O3S. The van der Waals surface area contributed by atoms with Gasteiger partial charge in [-0.1, -0.05) is 30.4 Å². The molecule has 0 heterocycles. The molecule has 0 aromatic heterocycles. The first-order chi connectivity index (χ1) is 7.68. The van der Waals surface area contributed by atoms with Gasteiger partial charge in [0.1, 0.15) is 12.2 Å². The summed E-state index contributed by atoms with van der Waals surface area (Å²) in [5.41, 5.74) is 0. The average molecular weight is 238 g/mol. The summed E-state index contributed by atoms with van der Waals surface area (Å²) in [6.07, 6.45) is 0.247. The lowest BCUT2D eigenvalue weighted by molar-refractivity contribution is -0.0429. The molecule has 3 N–H and O–H groups in total. The van der Waals surface area contributed by atoms with E-state index in [2.05, 4.69) is 0 Å². The molecule has 4 heteroatoms. The van der Waals surface area contributed by atoms with Crippen LogP contribution in [0.1, 0.15) is 0 Å². The third-order valence-electron chi connectivity index (χ3n) is 2.55. The highest BCUT2D eigenvalue weighted by Crippen LogP contribution is 2.30. The van der Waals surface area contributed by atoms with Crippen molar-refractivity contribution in [3.8, 4) is 0 Å². The lowest BCUT2D eigenvalue weighted by Gasteiger charge is -2.30. The number of hydrogen-bond donors (Lipinski definition) is 3. The summed E-state index contributed by atoms with van der Waals surface area (Å²) in [6, 6.07) is 9.67. The van der Waals surface area contributed by atoms with E-state index in [0.717, 1.165) is 4.90 Å². The SMILES string of the molecule is O[C@H]1[C@H](O)[C@@H](Sc2ccccc2)C=C[C@H]1O. The van der Waals surface area contributed by atoms with E-state index >= 15 is 0 Å². The first kappa shape index (κ1) is 11.7. The van der Waals surface area contributed by atoms with E-state index in [1.165, 1.54) is 17.8 Å². The highest BCUT2D eigenvalue weighted by Gasteiger charge is 2.33. The van der Waals surface area contributed by atoms with Crippen molar-refractivity contribution in [3.63, 3.8) is 0 Å². The zero-order valence-electron chi connectivity index (χ0n) is 8.60. The molecule has 0 fully saturated rings. The molecular weight excluding hydrogens is 224 g/mol. The van der Waals surface area contributed by atoms with E-state index < -0.39 is 18.3 Å². The van der Waals surface area contributed by atoms with E-state index in [0.29, 0.717) is 0 Å². The van der Waals surface area contributed by atoms with Crippen molar-refractivity contribution in [1.82, 2.24) is 0 Å². The predicted molar refractivity (Wildman–Crippen MR) is 63.2 cm³/mol. The topological polar surface area (TPSA) is 60.7 Å². The second-order valence-electron chi connectivity index (χ2n) is 3.75. The Balaban J connectivity index is 2.08. The molecule has 0 radical (unpaired) electrons. The van der Waals surface area contributed by atoms with Crippen molar-refractivity contribution in [2.24, 2.45) is 0 Å². The fraction of sp³-hybridized carbons (Fsp3) is 0.333. The van der Waals surface area contributed by atoms with E-state index in [4.69, 9.17) is 0 Å². The maximum absolute atomic E-state index is 9.79. The van der Waals surface area contributed by atoms with Crippen molar-refractivity contribution >= 4 is 11.8 Å². The first-order valence-electron chi connectivity index (χ1n) is 5.13. The maximum Gasteiger partial charge on any atom is 0.111 e. The monoisotopic (exact) mass is 238 g/mol. The van der Waals surface area contributed by atoms with Gasteiger partial charge in [-0.05, 0) is 12.1 Å². The summed E-state index contributed by atoms with van der Waals surface area (Å²) >= 11 is 1.47. The Labute approximate surface area is 98.4 Å². The third-order valence-corrected chi connectivity index (χ3v) is 3.80. The standard InChI is InChI=1S/C12H14O3S/c13-9-6-7-10(12(15)11(9)14)16-8-4-2-1-3-5-8/h1-7,9-15H/t9-,10+,11-,12-/m1/s1. The van der Waals surface area contributed by atoms with E-state index in [-0.39, 0.29) is 5.25 Å². The van der Waals surface area contributed by atoms with Crippen LogP contribution in [0.5, 0.6) is 0 Å². The lowest BCUT2D eigenvalue weighted by Crippen LogP contribution is -2.44. The van der Waals surface area contributed by atoms with Crippen molar-refractivity contribution in [2.45, 2.75) is 28.5 Å². The van der Waals surface area contributed by atoms with Crippen LogP contribution in [0.2, 0.25) is 0 Å². The fourth-order valence-electron chi connectivity index (χ4n) is 1.61. The van der Waals surface area contributed by atoms with Gasteiger partial charge in [-0.25, -0.2) is 0 Å². The second kappa shape index (κ2) is 5.01. The predicted octanol–water partition coefficient (Wildman–Crippen LogP) is 0.800. The molecule has 1 aliphatic rings. The van der Waals surface area contributed by atoms with E-state index in [1.54, 1.807) is 6.08 Å². The summed E-state index contributed by atoms with van der Waals surface area (Å²) in [6.45, 7) is 0. The van der Waals surface area contributed by atoms with Gasteiger partial charge in [0.25, 0.3) is 0 Å². The molecule has 1 aliphatic carbocycles. The van der Waals surface area contributed by atoms with Gasteiger partial charge in [-0.3, -0.25) is 0 Å². The summed E-state index contributed by atoms with van der Waals surface area (Å²) in [5.74, 6) is 0. The van der Waals surface area contributed by atoms with Gasteiger partial charge >= 0.3 is 0 Å². The summed E-state index contributed by atoms with van der Waals surface area (Å²) < 4.78 is 0. The molecule has 0 amide bonds. The molecule has 16 heavy (non-hydrogen) atoms. The van der Waals surface area contributed by atoms with Crippen molar-refractivity contribution < 1.29 is 15.3 Å². The Hall–Kier alpha value is -0.810. The molecule has 0 bridgehead atoms. The molecule has 86 valence electrons. The minimum atomic E-state index is -1.11. The minimum Gasteiger partial charge on any atom is -0.389 e. The van der Waals surface area contributed by atoms with Gasteiger partial charge in [-0.15, -0.1) is 11.8 Å². The van der Waals surface area contributed by atoms with E-state index in [9.17, 15) is 15.3 Å². The second-order valence-corrected chi connectivity index (χ2v) is 5.00. The van der Waals surface area contributed by atoms with Crippen molar-refractivity contribution in [3.05, 3.63) is 42.5 Å². The molecule has 0 unspecified atom stereocenters. The quantitative estimate of drug-likeness (QED) is 0.667. The number of benzene rings is 1. The van der Waals surface area contributed by atoms with Gasteiger partial charge in [0.2, 0.25) is 0 Å². The molecule has 1 aromatic rings. The molecule has 1 aromatic carbocycles. The van der Waals surface area contributed by atoms with Crippen LogP contribution in [0.3, 0.4) is 0 Å². The lowest BCUT2D eigenvalue weighted by atomic mass is 9.98. The van der Waals surface area contributed by atoms with Crippen LogP contribution in [0, 0.1) is 0 Å². The Morgan fingerprint density at radius 2 is 1.56 bits per heavy atom.